The van der Waals surface area contributed by atoms with Crippen LogP contribution < -0.4 is 0 Å². The van der Waals surface area contributed by atoms with Crippen molar-refractivity contribution in [1.29, 1.82) is 0 Å². The molecule has 0 N–H and O–H groups in total. The number of para-hydroxylation sites is 2. The molecule has 0 saturated carbocycles. The van der Waals surface area contributed by atoms with E-state index in [4.69, 9.17) is 4.42 Å². The second-order valence-corrected chi connectivity index (χ2v) is 8.23. The summed E-state index contributed by atoms with van der Waals surface area (Å²) in [6.07, 6.45) is 1.42. The number of benzene rings is 3. The Bertz CT molecular complexity index is 1160. The van der Waals surface area contributed by atoms with Crippen molar-refractivity contribution in [2.24, 2.45) is 0 Å². The predicted molar refractivity (Wildman–Crippen MR) is 109 cm³/mol. The molecule has 0 amide bonds. The van der Waals surface area contributed by atoms with Gasteiger partial charge in [-0.2, -0.15) is 0 Å². The molecule has 0 radical (unpaired) electrons. The van der Waals surface area contributed by atoms with Gasteiger partial charge in [0.1, 0.15) is 15.5 Å². The molecule has 0 aliphatic carbocycles. The van der Waals surface area contributed by atoms with Gasteiger partial charge in [-0.25, -0.2) is 13.4 Å². The zero-order valence-electron chi connectivity index (χ0n) is 15.4. The molecule has 1 aromatic heterocycles. The lowest BCUT2D eigenvalue weighted by atomic mass is 10.1. The minimum atomic E-state index is -3.71. The van der Waals surface area contributed by atoms with E-state index in [9.17, 15) is 8.42 Å². The number of aryl methyl sites for hydroxylation is 3. The van der Waals surface area contributed by atoms with E-state index >= 15 is 0 Å². The van der Waals surface area contributed by atoms with Crippen molar-refractivity contribution in [2.75, 3.05) is 0 Å². The molecule has 28 heavy (non-hydrogen) atoms. The maximum atomic E-state index is 12.4. The summed E-state index contributed by atoms with van der Waals surface area (Å²) in [7, 11) is -3.71. The van der Waals surface area contributed by atoms with Gasteiger partial charge in [-0.1, -0.05) is 54.1 Å². The Labute approximate surface area is 164 Å². The molecule has 1 heterocycles. The lowest BCUT2D eigenvalue weighted by Gasteiger charge is -2.22. The lowest BCUT2D eigenvalue weighted by molar-refractivity contribution is 0.528. The average molecular weight is 391 g/mol. The van der Waals surface area contributed by atoms with Crippen molar-refractivity contribution < 1.29 is 12.8 Å². The summed E-state index contributed by atoms with van der Waals surface area (Å²) in [5.41, 5.74) is 4.11. The highest BCUT2D eigenvalue weighted by atomic mass is 32.2. The molecule has 6 heteroatoms. The third-order valence-corrected chi connectivity index (χ3v) is 5.77. The number of hydrogen-bond acceptors (Lipinski definition) is 4. The van der Waals surface area contributed by atoms with E-state index in [1.165, 1.54) is 0 Å². The summed E-state index contributed by atoms with van der Waals surface area (Å²) < 4.78 is 34.5. The summed E-state index contributed by atoms with van der Waals surface area (Å²) in [5, 5.41) is 0. The molecular formula is C22H19N2O3S-. The SMILES string of the molecule is Cc1ccc(S(=O)(=O)[N-]c2ccc(CCc3nc4ccccc4o3)cc2)cc1. The van der Waals surface area contributed by atoms with Gasteiger partial charge < -0.3 is 9.14 Å². The van der Waals surface area contributed by atoms with E-state index in [-0.39, 0.29) is 4.90 Å². The molecule has 0 unspecified atom stereocenters. The van der Waals surface area contributed by atoms with Gasteiger partial charge in [0.15, 0.2) is 11.5 Å². The Balaban J connectivity index is 1.41. The van der Waals surface area contributed by atoms with Gasteiger partial charge in [-0.3, -0.25) is 0 Å². The quantitative estimate of drug-likeness (QED) is 0.446. The van der Waals surface area contributed by atoms with Crippen molar-refractivity contribution >= 4 is 26.8 Å². The smallest absolute Gasteiger partial charge is 0.195 e. The molecule has 3 aromatic carbocycles. The molecule has 0 bridgehead atoms. The Morgan fingerprint density at radius 2 is 1.61 bits per heavy atom. The van der Waals surface area contributed by atoms with Crippen LogP contribution in [0.4, 0.5) is 5.69 Å². The Hall–Kier alpha value is -3.12. The van der Waals surface area contributed by atoms with Gasteiger partial charge in [0.25, 0.3) is 0 Å². The van der Waals surface area contributed by atoms with E-state index in [0.29, 0.717) is 18.0 Å². The molecule has 4 aromatic rings. The first-order chi connectivity index (χ1) is 13.5. The highest BCUT2D eigenvalue weighted by Gasteiger charge is 2.06. The maximum Gasteiger partial charge on any atom is 0.195 e. The number of fused-ring (bicyclic) bond motifs is 1. The number of rotatable bonds is 6. The Kier molecular flexibility index (Phi) is 4.88. The standard InChI is InChI=1S/C22H19N2O3S/c1-16-6-13-19(14-7-16)28(25,26)24-18-11-8-17(9-12-18)10-15-22-23-20-4-2-3-5-21(20)27-22/h2-9,11-14H,10,15H2,1H3/q-1. The molecule has 142 valence electrons. The number of sulfonamides is 1. The molecule has 0 saturated heterocycles. The van der Waals surface area contributed by atoms with E-state index < -0.39 is 10.0 Å². The molecule has 0 aliphatic rings. The topological polar surface area (TPSA) is 74.3 Å². The van der Waals surface area contributed by atoms with Crippen LogP contribution >= 0.6 is 0 Å². The summed E-state index contributed by atoms with van der Waals surface area (Å²) in [5.74, 6) is 0.692. The van der Waals surface area contributed by atoms with Gasteiger partial charge in [-0.15, -0.1) is 5.69 Å². The van der Waals surface area contributed by atoms with Crippen LogP contribution in [-0.4, -0.2) is 13.4 Å². The number of hydrogen-bond donors (Lipinski definition) is 0. The Morgan fingerprint density at radius 3 is 2.32 bits per heavy atom. The fraction of sp³-hybridized carbons (Fsp3) is 0.136. The van der Waals surface area contributed by atoms with Crippen LogP contribution in [0.25, 0.3) is 15.8 Å². The first-order valence-corrected chi connectivity index (χ1v) is 10.4. The van der Waals surface area contributed by atoms with Gasteiger partial charge in [-0.05, 0) is 43.2 Å². The molecular weight excluding hydrogens is 372 g/mol. The van der Waals surface area contributed by atoms with Crippen LogP contribution in [0.2, 0.25) is 0 Å². The van der Waals surface area contributed by atoms with Gasteiger partial charge in [0.05, 0.1) is 4.90 Å². The van der Waals surface area contributed by atoms with E-state index in [0.717, 1.165) is 28.6 Å². The fourth-order valence-corrected chi connectivity index (χ4v) is 3.89. The predicted octanol–water partition coefficient (Wildman–Crippen LogP) is 5.32. The fourth-order valence-electron chi connectivity index (χ4n) is 2.90. The van der Waals surface area contributed by atoms with E-state index in [1.54, 1.807) is 36.4 Å². The Morgan fingerprint density at radius 1 is 0.893 bits per heavy atom. The van der Waals surface area contributed by atoms with Crippen LogP contribution in [-0.2, 0) is 22.9 Å². The van der Waals surface area contributed by atoms with Gasteiger partial charge in [0.2, 0.25) is 0 Å². The van der Waals surface area contributed by atoms with Crippen LogP contribution in [0.15, 0.2) is 82.1 Å². The lowest BCUT2D eigenvalue weighted by Crippen LogP contribution is -1.97. The molecule has 0 spiro atoms. The van der Waals surface area contributed by atoms with Crippen LogP contribution in [0, 0.1) is 6.92 Å². The zero-order valence-corrected chi connectivity index (χ0v) is 16.2. The number of oxazole rings is 1. The normalized spacial score (nSPS) is 11.6. The van der Waals surface area contributed by atoms with Crippen LogP contribution in [0.5, 0.6) is 0 Å². The van der Waals surface area contributed by atoms with Crippen molar-refractivity contribution in [2.45, 2.75) is 24.7 Å². The zero-order chi connectivity index (χ0) is 19.6. The highest BCUT2D eigenvalue weighted by Crippen LogP contribution is 2.28. The molecule has 5 nitrogen and oxygen atoms in total. The second kappa shape index (κ2) is 7.48. The monoisotopic (exact) mass is 391 g/mol. The third-order valence-electron chi connectivity index (χ3n) is 4.45. The minimum absolute atomic E-state index is 0.193. The van der Waals surface area contributed by atoms with Crippen LogP contribution in [0.3, 0.4) is 0 Å². The maximum absolute atomic E-state index is 12.4. The van der Waals surface area contributed by atoms with Gasteiger partial charge in [0, 0.05) is 6.42 Å². The first kappa shape index (κ1) is 18.3. The number of nitrogens with zero attached hydrogens (tertiary/aromatic N) is 2. The molecule has 0 aliphatic heterocycles. The van der Waals surface area contributed by atoms with Crippen molar-refractivity contribution in [3.63, 3.8) is 0 Å². The summed E-state index contributed by atoms with van der Waals surface area (Å²) in [6, 6.07) is 21.5. The first-order valence-electron chi connectivity index (χ1n) is 8.98. The third kappa shape index (κ3) is 4.07. The summed E-state index contributed by atoms with van der Waals surface area (Å²) in [4.78, 5) is 4.66. The number of aromatic nitrogens is 1. The van der Waals surface area contributed by atoms with Crippen LogP contribution in [0.1, 0.15) is 17.0 Å². The largest absolute Gasteiger partial charge is 0.573 e. The highest BCUT2D eigenvalue weighted by molar-refractivity contribution is 7.94. The summed E-state index contributed by atoms with van der Waals surface area (Å²) in [6.45, 7) is 1.91. The van der Waals surface area contributed by atoms with Gasteiger partial charge >= 0.3 is 0 Å². The summed E-state index contributed by atoms with van der Waals surface area (Å²) >= 11 is 0. The molecule has 0 fully saturated rings. The van der Waals surface area contributed by atoms with E-state index in [1.807, 2.05) is 43.3 Å². The van der Waals surface area contributed by atoms with Crippen molar-refractivity contribution in [3.8, 4) is 0 Å². The minimum Gasteiger partial charge on any atom is -0.573 e. The molecule has 0 atom stereocenters. The van der Waals surface area contributed by atoms with Crippen molar-refractivity contribution in [3.05, 3.63) is 94.5 Å². The second-order valence-electron chi connectivity index (χ2n) is 6.62. The van der Waals surface area contributed by atoms with E-state index in [2.05, 4.69) is 9.71 Å². The molecule has 4 rings (SSSR count). The van der Waals surface area contributed by atoms with Crippen molar-refractivity contribution in [1.82, 2.24) is 4.98 Å². The average Bonchev–Trinajstić information content (AvgIpc) is 3.10.